The summed E-state index contributed by atoms with van der Waals surface area (Å²) >= 11 is 0. The average molecular weight is 495 g/mol. The fourth-order valence-corrected chi connectivity index (χ4v) is 7.71. The largest absolute Gasteiger partial charge is 0.508 e. The van der Waals surface area contributed by atoms with Crippen molar-refractivity contribution in [2.45, 2.75) is 115 Å². The van der Waals surface area contributed by atoms with E-state index in [0.717, 1.165) is 67.9 Å². The molecule has 196 valence electrons. The van der Waals surface area contributed by atoms with E-state index in [9.17, 15) is 5.11 Å². The van der Waals surface area contributed by atoms with E-state index in [4.69, 9.17) is 0 Å². The highest BCUT2D eigenvalue weighted by atomic mass is 19.1. The predicted octanol–water partition coefficient (Wildman–Crippen LogP) is 9.60. The molecule has 3 aliphatic rings. The van der Waals surface area contributed by atoms with E-state index in [1.807, 2.05) is 12.1 Å². The molecule has 0 heterocycles. The molecule has 0 aromatic heterocycles. The molecule has 5 rings (SSSR count). The van der Waals surface area contributed by atoms with Crippen LogP contribution in [0.5, 0.6) is 5.75 Å². The van der Waals surface area contributed by atoms with Gasteiger partial charge in [0.05, 0.1) is 0 Å². The van der Waals surface area contributed by atoms with Crippen LogP contribution < -0.4 is 0 Å². The second kappa shape index (κ2) is 11.7. The third-order valence-electron chi connectivity index (χ3n) is 9.90. The van der Waals surface area contributed by atoms with E-state index in [1.165, 1.54) is 56.9 Å². The molecule has 0 amide bonds. The summed E-state index contributed by atoms with van der Waals surface area (Å²) in [5.74, 6) is 2.53. The second-order valence-corrected chi connectivity index (χ2v) is 12.2. The zero-order valence-electron chi connectivity index (χ0n) is 22.1. The van der Waals surface area contributed by atoms with Gasteiger partial charge in [-0.3, -0.25) is 0 Å². The number of hydrogen-bond acceptors (Lipinski definition) is 1. The van der Waals surface area contributed by atoms with Gasteiger partial charge < -0.3 is 5.11 Å². The van der Waals surface area contributed by atoms with Gasteiger partial charge in [0.15, 0.2) is 0 Å². The number of fused-ring (bicyclic) bond motifs is 1. The third kappa shape index (κ3) is 5.81. The number of rotatable bonds is 7. The van der Waals surface area contributed by atoms with Crippen molar-refractivity contribution in [3.05, 3.63) is 64.2 Å². The zero-order chi connectivity index (χ0) is 25.1. The molecule has 3 heteroatoms. The molecule has 0 aliphatic heterocycles. The standard InChI is InChI=1S/C33H44F2O/c1-2-3-22-4-6-23(7-5-22)8-9-24-10-19-30-28(20-24)21-31(34)32(33(30)35)27-13-11-25(12-14-27)26-15-17-29(36)18-16-26/h15-18,21-25,27,36H,2-14,19-20H2,1H3. The van der Waals surface area contributed by atoms with Crippen molar-refractivity contribution in [1.29, 1.82) is 0 Å². The maximum absolute atomic E-state index is 15.7. The van der Waals surface area contributed by atoms with Gasteiger partial charge in [-0.1, -0.05) is 64.0 Å². The van der Waals surface area contributed by atoms with E-state index < -0.39 is 0 Å². The van der Waals surface area contributed by atoms with E-state index >= 15 is 8.78 Å². The highest BCUT2D eigenvalue weighted by Crippen LogP contribution is 2.44. The average Bonchev–Trinajstić information content (AvgIpc) is 2.89. The number of phenolic OH excluding ortho intramolecular Hbond substituents is 1. The number of halogens is 2. The number of hydrogen-bond donors (Lipinski definition) is 1. The predicted molar refractivity (Wildman–Crippen MR) is 144 cm³/mol. The Kier molecular flexibility index (Phi) is 8.33. The number of benzene rings is 2. The van der Waals surface area contributed by atoms with Gasteiger partial charge in [0.1, 0.15) is 17.4 Å². The molecule has 1 unspecified atom stereocenters. The lowest BCUT2D eigenvalue weighted by molar-refractivity contribution is 0.235. The van der Waals surface area contributed by atoms with E-state index in [2.05, 4.69) is 6.92 Å². The van der Waals surface area contributed by atoms with Gasteiger partial charge in [0, 0.05) is 5.56 Å². The van der Waals surface area contributed by atoms with Crippen molar-refractivity contribution < 1.29 is 13.9 Å². The van der Waals surface area contributed by atoms with Crippen LogP contribution in [0.4, 0.5) is 8.78 Å². The summed E-state index contributed by atoms with van der Waals surface area (Å²) < 4.78 is 31.0. The molecule has 2 aromatic rings. The Balaban J connectivity index is 1.17. The summed E-state index contributed by atoms with van der Waals surface area (Å²) in [5, 5.41) is 9.55. The number of phenols is 1. The van der Waals surface area contributed by atoms with Crippen LogP contribution in [0.25, 0.3) is 0 Å². The van der Waals surface area contributed by atoms with E-state index in [0.29, 0.717) is 17.4 Å². The first-order chi connectivity index (χ1) is 17.5. The first-order valence-corrected chi connectivity index (χ1v) is 14.8. The van der Waals surface area contributed by atoms with Crippen LogP contribution in [0.2, 0.25) is 0 Å². The van der Waals surface area contributed by atoms with Gasteiger partial charge >= 0.3 is 0 Å². The fraction of sp³-hybridized carbons (Fsp3) is 0.636. The molecule has 1 N–H and O–H groups in total. The maximum Gasteiger partial charge on any atom is 0.133 e. The smallest absolute Gasteiger partial charge is 0.133 e. The molecule has 0 bridgehead atoms. The van der Waals surface area contributed by atoms with Crippen molar-refractivity contribution >= 4 is 0 Å². The SMILES string of the molecule is CCCC1CCC(CCC2CCc3c(cc(F)c(C4CCC(c5ccc(O)cc5)CC4)c3F)C2)CC1. The summed E-state index contributed by atoms with van der Waals surface area (Å²) in [6.45, 7) is 2.30. The van der Waals surface area contributed by atoms with Crippen LogP contribution in [0.3, 0.4) is 0 Å². The van der Waals surface area contributed by atoms with Crippen molar-refractivity contribution in [1.82, 2.24) is 0 Å². The van der Waals surface area contributed by atoms with Crippen molar-refractivity contribution in [3.8, 4) is 5.75 Å². The zero-order valence-corrected chi connectivity index (χ0v) is 22.1. The molecule has 2 fully saturated rings. The van der Waals surface area contributed by atoms with E-state index in [1.54, 1.807) is 18.2 Å². The van der Waals surface area contributed by atoms with Crippen LogP contribution in [0, 0.1) is 29.4 Å². The van der Waals surface area contributed by atoms with Gasteiger partial charge in [-0.2, -0.15) is 0 Å². The van der Waals surface area contributed by atoms with Crippen LogP contribution in [0.15, 0.2) is 30.3 Å². The van der Waals surface area contributed by atoms with Crippen LogP contribution in [-0.4, -0.2) is 5.11 Å². The van der Waals surface area contributed by atoms with Crippen LogP contribution in [-0.2, 0) is 12.8 Å². The number of aromatic hydroxyl groups is 1. The quantitative estimate of drug-likeness (QED) is 0.406. The molecule has 1 nitrogen and oxygen atoms in total. The molecule has 1 atom stereocenters. The monoisotopic (exact) mass is 494 g/mol. The van der Waals surface area contributed by atoms with Crippen molar-refractivity contribution in [3.63, 3.8) is 0 Å². The molecular weight excluding hydrogens is 450 g/mol. The molecular formula is C33H44F2O. The highest BCUT2D eigenvalue weighted by molar-refractivity contribution is 5.39. The first-order valence-electron chi connectivity index (χ1n) is 14.8. The van der Waals surface area contributed by atoms with Gasteiger partial charge in [-0.05, 0) is 116 Å². The van der Waals surface area contributed by atoms with Gasteiger partial charge in [0.2, 0.25) is 0 Å². The Morgan fingerprint density at radius 1 is 0.750 bits per heavy atom. The van der Waals surface area contributed by atoms with Gasteiger partial charge in [-0.25, -0.2) is 8.78 Å². The Morgan fingerprint density at radius 3 is 2.03 bits per heavy atom. The Hall–Kier alpha value is -1.90. The lowest BCUT2D eigenvalue weighted by Gasteiger charge is -2.32. The van der Waals surface area contributed by atoms with Gasteiger partial charge in [-0.15, -0.1) is 0 Å². The summed E-state index contributed by atoms with van der Waals surface area (Å²) in [6, 6.07) is 9.12. The minimum atomic E-state index is -0.311. The summed E-state index contributed by atoms with van der Waals surface area (Å²) in [4.78, 5) is 0. The third-order valence-corrected chi connectivity index (χ3v) is 9.90. The summed E-state index contributed by atoms with van der Waals surface area (Å²) in [5.41, 5.74) is 3.33. The first kappa shape index (κ1) is 25.7. The Labute approximate surface area is 216 Å². The highest BCUT2D eigenvalue weighted by Gasteiger charge is 2.32. The minimum Gasteiger partial charge on any atom is -0.508 e. The topological polar surface area (TPSA) is 20.2 Å². The maximum atomic E-state index is 15.7. The van der Waals surface area contributed by atoms with Crippen molar-refractivity contribution in [2.75, 3.05) is 0 Å². The van der Waals surface area contributed by atoms with E-state index in [-0.39, 0.29) is 23.3 Å². The van der Waals surface area contributed by atoms with Crippen LogP contribution >= 0.6 is 0 Å². The Bertz CT molecular complexity index is 997. The summed E-state index contributed by atoms with van der Waals surface area (Å²) in [7, 11) is 0. The molecule has 36 heavy (non-hydrogen) atoms. The molecule has 0 spiro atoms. The molecule has 0 saturated heterocycles. The van der Waals surface area contributed by atoms with Gasteiger partial charge in [0.25, 0.3) is 0 Å². The molecule has 2 saturated carbocycles. The molecule has 3 aliphatic carbocycles. The second-order valence-electron chi connectivity index (χ2n) is 12.2. The fourth-order valence-electron chi connectivity index (χ4n) is 7.71. The minimum absolute atomic E-state index is 0.0239. The lowest BCUT2D eigenvalue weighted by Crippen LogP contribution is -2.21. The summed E-state index contributed by atoms with van der Waals surface area (Å²) in [6.07, 6.45) is 17.0. The van der Waals surface area contributed by atoms with Crippen molar-refractivity contribution in [2.24, 2.45) is 17.8 Å². The molecule has 0 radical (unpaired) electrons. The normalized spacial score (nSPS) is 28.6. The van der Waals surface area contributed by atoms with Crippen LogP contribution in [0.1, 0.15) is 124 Å². The Morgan fingerprint density at radius 2 is 1.36 bits per heavy atom. The lowest BCUT2D eigenvalue weighted by atomic mass is 9.73. The molecule has 2 aromatic carbocycles.